The molecule has 0 fully saturated rings. The lowest BCUT2D eigenvalue weighted by Crippen LogP contribution is -2.34. The Labute approximate surface area is 214 Å². The van der Waals surface area contributed by atoms with Crippen molar-refractivity contribution in [2.45, 2.75) is 17.4 Å². The number of carbonyl (C=O) groups is 1. The van der Waals surface area contributed by atoms with Gasteiger partial charge in [-0.15, -0.1) is 0 Å². The van der Waals surface area contributed by atoms with Crippen molar-refractivity contribution in [3.63, 3.8) is 0 Å². The second-order valence-electron chi connectivity index (χ2n) is 8.26. The van der Waals surface area contributed by atoms with E-state index in [-0.39, 0.29) is 23.6 Å². The van der Waals surface area contributed by atoms with E-state index in [2.05, 4.69) is 10.0 Å². The van der Waals surface area contributed by atoms with Gasteiger partial charge in [0.15, 0.2) is 11.5 Å². The Morgan fingerprint density at radius 3 is 2.38 bits per heavy atom. The first-order valence-electron chi connectivity index (χ1n) is 11.4. The van der Waals surface area contributed by atoms with Gasteiger partial charge in [-0.05, 0) is 85.3 Å². The number of hydrogen-bond acceptors (Lipinski definition) is 7. The number of fused-ring (bicyclic) bond motifs is 1. The van der Waals surface area contributed by atoms with Crippen LogP contribution in [0, 0.1) is 0 Å². The van der Waals surface area contributed by atoms with Gasteiger partial charge in [-0.25, -0.2) is 8.42 Å². The number of methoxy groups -OCH3 is 1. The largest absolute Gasteiger partial charge is 0.497 e. The number of nitrogens with one attached hydrogen (secondary N) is 2. The van der Waals surface area contributed by atoms with Gasteiger partial charge in [0.1, 0.15) is 17.3 Å². The van der Waals surface area contributed by atoms with Gasteiger partial charge in [-0.1, -0.05) is 6.08 Å². The Morgan fingerprint density at radius 1 is 0.946 bits per heavy atom. The van der Waals surface area contributed by atoms with Gasteiger partial charge in [-0.3, -0.25) is 9.52 Å². The van der Waals surface area contributed by atoms with Gasteiger partial charge in [0.25, 0.3) is 15.9 Å². The van der Waals surface area contributed by atoms with Crippen LogP contribution in [0.2, 0.25) is 0 Å². The molecule has 0 saturated heterocycles. The van der Waals surface area contributed by atoms with E-state index in [1.54, 1.807) is 60.7 Å². The summed E-state index contributed by atoms with van der Waals surface area (Å²) >= 11 is 0. The van der Waals surface area contributed by atoms with Crippen LogP contribution in [-0.4, -0.2) is 34.3 Å². The van der Waals surface area contributed by atoms with Crippen LogP contribution in [0.1, 0.15) is 16.8 Å². The van der Waals surface area contributed by atoms with Gasteiger partial charge < -0.3 is 24.3 Å². The summed E-state index contributed by atoms with van der Waals surface area (Å²) in [6, 6.07) is 17.6. The van der Waals surface area contributed by atoms with Gasteiger partial charge in [0.05, 0.1) is 18.0 Å². The second kappa shape index (κ2) is 10.3. The highest BCUT2D eigenvalue weighted by Crippen LogP contribution is 2.32. The third-order valence-electron chi connectivity index (χ3n) is 5.73. The molecule has 3 aromatic rings. The van der Waals surface area contributed by atoms with Gasteiger partial charge >= 0.3 is 0 Å². The highest BCUT2D eigenvalue weighted by molar-refractivity contribution is 7.92. The minimum atomic E-state index is -3.73. The quantitative estimate of drug-likeness (QED) is 0.457. The average molecular weight is 521 g/mol. The van der Waals surface area contributed by atoms with E-state index >= 15 is 0 Å². The SMILES string of the molecule is COc1ccc(S(=O)(=O)Nc2ccc(OC3=CCC(NC(=O)c4ccc5c(c4)OCO5)C=C3)cc2)cc1. The number of ether oxygens (including phenoxy) is 4. The van der Waals surface area contributed by atoms with E-state index in [9.17, 15) is 13.2 Å². The van der Waals surface area contributed by atoms with Crippen molar-refractivity contribution in [3.05, 3.63) is 96.3 Å². The molecular weight excluding hydrogens is 496 g/mol. The van der Waals surface area contributed by atoms with Gasteiger partial charge in [-0.2, -0.15) is 0 Å². The molecule has 0 saturated carbocycles. The van der Waals surface area contributed by atoms with Crippen LogP contribution in [0.5, 0.6) is 23.0 Å². The summed E-state index contributed by atoms with van der Waals surface area (Å²) in [6.07, 6.45) is 6.08. The molecule has 190 valence electrons. The Kier molecular flexibility index (Phi) is 6.74. The van der Waals surface area contributed by atoms with Crippen LogP contribution in [-0.2, 0) is 10.0 Å². The molecule has 1 heterocycles. The predicted octanol–water partition coefficient (Wildman–Crippen LogP) is 4.25. The Balaban J connectivity index is 1.14. The lowest BCUT2D eigenvalue weighted by molar-refractivity contribution is 0.0943. The fraction of sp³-hybridized carbons (Fsp3) is 0.148. The van der Waals surface area contributed by atoms with Crippen LogP contribution < -0.4 is 29.0 Å². The van der Waals surface area contributed by atoms with Crippen LogP contribution in [0.15, 0.2) is 95.6 Å². The van der Waals surface area contributed by atoms with Gasteiger partial charge in [0, 0.05) is 11.3 Å². The third-order valence-corrected chi connectivity index (χ3v) is 7.13. The van der Waals surface area contributed by atoms with E-state index in [1.807, 2.05) is 12.2 Å². The third kappa shape index (κ3) is 5.70. The van der Waals surface area contributed by atoms with Crippen LogP contribution in [0.25, 0.3) is 0 Å². The predicted molar refractivity (Wildman–Crippen MR) is 137 cm³/mol. The molecule has 0 bridgehead atoms. The molecule has 1 unspecified atom stereocenters. The zero-order valence-electron chi connectivity index (χ0n) is 19.8. The van der Waals surface area contributed by atoms with Gasteiger partial charge in [0.2, 0.25) is 6.79 Å². The molecule has 5 rings (SSSR count). The molecule has 10 heteroatoms. The summed E-state index contributed by atoms with van der Waals surface area (Å²) in [5.41, 5.74) is 0.897. The maximum Gasteiger partial charge on any atom is 0.261 e. The fourth-order valence-corrected chi connectivity index (χ4v) is 4.83. The second-order valence-corrected chi connectivity index (χ2v) is 9.94. The molecule has 3 aromatic carbocycles. The van der Waals surface area contributed by atoms with E-state index < -0.39 is 10.0 Å². The summed E-state index contributed by atoms with van der Waals surface area (Å²) < 4.78 is 49.3. The minimum absolute atomic E-state index is 0.131. The van der Waals surface area contributed by atoms with Crippen molar-refractivity contribution < 1.29 is 32.2 Å². The molecular formula is C27H24N2O7S. The van der Waals surface area contributed by atoms with Crippen molar-refractivity contribution >= 4 is 21.6 Å². The number of hydrogen-bond donors (Lipinski definition) is 2. The maximum atomic E-state index is 12.6. The molecule has 2 N–H and O–H groups in total. The highest BCUT2D eigenvalue weighted by atomic mass is 32.2. The van der Waals surface area contributed by atoms with Crippen molar-refractivity contribution in [1.29, 1.82) is 0 Å². The molecule has 0 spiro atoms. The average Bonchev–Trinajstić information content (AvgIpc) is 3.39. The summed E-state index contributed by atoms with van der Waals surface area (Å²) in [5, 5.41) is 2.97. The number of benzene rings is 3. The molecule has 0 radical (unpaired) electrons. The Bertz CT molecular complexity index is 1460. The zero-order valence-corrected chi connectivity index (χ0v) is 20.7. The normalized spacial score (nSPS) is 16.0. The van der Waals surface area contributed by atoms with Crippen LogP contribution >= 0.6 is 0 Å². The first-order chi connectivity index (χ1) is 17.9. The highest BCUT2D eigenvalue weighted by Gasteiger charge is 2.19. The maximum absolute atomic E-state index is 12.6. The lowest BCUT2D eigenvalue weighted by Gasteiger charge is -2.18. The molecule has 0 aromatic heterocycles. The summed E-state index contributed by atoms with van der Waals surface area (Å²) in [4.78, 5) is 12.7. The van der Waals surface area contributed by atoms with Crippen molar-refractivity contribution in [2.75, 3.05) is 18.6 Å². The number of carbonyl (C=O) groups excluding carboxylic acids is 1. The Morgan fingerprint density at radius 2 is 1.68 bits per heavy atom. The number of sulfonamides is 1. The Hall–Kier alpha value is -4.44. The first kappa shape index (κ1) is 24.3. The van der Waals surface area contributed by atoms with Crippen molar-refractivity contribution in [1.82, 2.24) is 5.32 Å². The minimum Gasteiger partial charge on any atom is -0.497 e. The summed E-state index contributed by atoms with van der Waals surface area (Å²) in [6.45, 7) is 0.154. The number of amides is 1. The molecule has 1 aliphatic heterocycles. The van der Waals surface area contributed by atoms with Crippen LogP contribution in [0.4, 0.5) is 5.69 Å². The molecule has 1 amide bonds. The first-order valence-corrected chi connectivity index (χ1v) is 12.9. The van der Waals surface area contributed by atoms with E-state index in [1.165, 1.54) is 19.2 Å². The van der Waals surface area contributed by atoms with E-state index in [0.717, 1.165) is 0 Å². The van der Waals surface area contributed by atoms with Crippen molar-refractivity contribution in [3.8, 4) is 23.0 Å². The molecule has 9 nitrogen and oxygen atoms in total. The summed E-state index contributed by atoms with van der Waals surface area (Å²) in [5.74, 6) is 2.72. The number of anilines is 1. The molecule has 1 aliphatic carbocycles. The van der Waals surface area contributed by atoms with Crippen molar-refractivity contribution in [2.24, 2.45) is 0 Å². The molecule has 1 atom stereocenters. The fourth-order valence-electron chi connectivity index (χ4n) is 3.77. The molecule has 37 heavy (non-hydrogen) atoms. The van der Waals surface area contributed by atoms with Crippen LogP contribution in [0.3, 0.4) is 0 Å². The lowest BCUT2D eigenvalue weighted by atomic mass is 10.1. The van der Waals surface area contributed by atoms with E-state index in [4.69, 9.17) is 18.9 Å². The topological polar surface area (TPSA) is 112 Å². The number of allylic oxidation sites excluding steroid dienone is 1. The van der Waals surface area contributed by atoms with E-state index in [0.29, 0.717) is 46.4 Å². The summed E-state index contributed by atoms with van der Waals surface area (Å²) in [7, 11) is -2.22. The zero-order chi connectivity index (χ0) is 25.8. The monoisotopic (exact) mass is 520 g/mol. The standard InChI is InChI=1S/C27H24N2O7S/c1-33-21-11-13-24(14-12-21)37(31,32)29-20-5-9-23(10-6-20)36-22-7-3-19(4-8-22)28-27(30)18-2-15-25-26(16-18)35-17-34-25/h2-3,5-16,19,29H,4,17H2,1H3,(H,28,30). The number of rotatable bonds is 8. The molecule has 2 aliphatic rings. The smallest absolute Gasteiger partial charge is 0.261 e.